The van der Waals surface area contributed by atoms with Crippen molar-refractivity contribution in [2.75, 3.05) is 13.7 Å². The highest BCUT2D eigenvalue weighted by Gasteiger charge is 2.36. The Hall–Kier alpha value is -1.45. The number of rotatable bonds is 4. The molecule has 1 aliphatic rings. The average Bonchev–Trinajstić information content (AvgIpc) is 2.84. The van der Waals surface area contributed by atoms with E-state index in [0.717, 1.165) is 17.4 Å². The van der Waals surface area contributed by atoms with E-state index in [-0.39, 0.29) is 6.09 Å². The highest BCUT2D eigenvalue weighted by Crippen LogP contribution is 2.47. The van der Waals surface area contributed by atoms with Crippen molar-refractivity contribution in [1.29, 1.82) is 0 Å². The Kier molecular flexibility index (Phi) is 3.41. The number of ether oxygens (including phenoxy) is 1. The van der Waals surface area contributed by atoms with Crippen LogP contribution in [0.1, 0.15) is 37.7 Å². The smallest absolute Gasteiger partial charge is 0.409 e. The monoisotopic (exact) mass is 237 g/mol. The van der Waals surface area contributed by atoms with Crippen molar-refractivity contribution in [2.24, 2.45) is 5.92 Å². The summed E-state index contributed by atoms with van der Waals surface area (Å²) in [5.41, 5.74) is 0. The van der Waals surface area contributed by atoms with Gasteiger partial charge in [-0.05, 0) is 31.4 Å². The van der Waals surface area contributed by atoms with Gasteiger partial charge in [0.25, 0.3) is 0 Å². The molecule has 0 aromatic carbocycles. The average molecular weight is 237 g/mol. The maximum atomic E-state index is 11.4. The summed E-state index contributed by atoms with van der Waals surface area (Å²) in [5.74, 6) is 3.17. The first-order chi connectivity index (χ1) is 8.11. The second-order valence-electron chi connectivity index (χ2n) is 4.68. The molecule has 1 heterocycles. The Labute approximate surface area is 102 Å². The van der Waals surface area contributed by atoms with Gasteiger partial charge in [0.2, 0.25) is 0 Å². The van der Waals surface area contributed by atoms with Crippen molar-refractivity contribution in [3.8, 4) is 0 Å². The van der Waals surface area contributed by atoms with Crippen molar-refractivity contribution < 1.29 is 13.9 Å². The minimum Gasteiger partial charge on any atom is -0.464 e. The molecule has 1 amide bonds. The molecule has 2 rings (SSSR count). The predicted octanol–water partition coefficient (Wildman–Crippen LogP) is 2.99. The zero-order valence-electron chi connectivity index (χ0n) is 10.6. The third-order valence-corrected chi connectivity index (χ3v) is 3.13. The van der Waals surface area contributed by atoms with E-state index >= 15 is 0 Å². The van der Waals surface area contributed by atoms with Crippen LogP contribution in [0.3, 0.4) is 0 Å². The minimum absolute atomic E-state index is 0.315. The number of furan rings is 1. The molecular weight excluding hydrogens is 218 g/mol. The van der Waals surface area contributed by atoms with Crippen molar-refractivity contribution in [2.45, 2.75) is 32.7 Å². The SMILES string of the molecule is CCOC(=O)N(C)Cc1ccc(C2CC2C)o1. The van der Waals surface area contributed by atoms with Crippen LogP contribution in [0.4, 0.5) is 4.79 Å². The van der Waals surface area contributed by atoms with Crippen LogP contribution in [0.5, 0.6) is 0 Å². The molecule has 4 heteroatoms. The van der Waals surface area contributed by atoms with Gasteiger partial charge in [-0.1, -0.05) is 6.92 Å². The van der Waals surface area contributed by atoms with Gasteiger partial charge in [0.1, 0.15) is 11.5 Å². The lowest BCUT2D eigenvalue weighted by Crippen LogP contribution is -2.26. The molecule has 1 aliphatic carbocycles. The number of hydrogen-bond donors (Lipinski definition) is 0. The normalized spacial score (nSPS) is 22.3. The lowest BCUT2D eigenvalue weighted by atomic mass is 10.3. The molecule has 1 saturated carbocycles. The van der Waals surface area contributed by atoms with E-state index in [1.165, 1.54) is 11.3 Å². The van der Waals surface area contributed by atoms with Crippen molar-refractivity contribution in [3.63, 3.8) is 0 Å². The van der Waals surface area contributed by atoms with Gasteiger partial charge < -0.3 is 14.1 Å². The predicted molar refractivity (Wildman–Crippen MR) is 63.7 cm³/mol. The van der Waals surface area contributed by atoms with Crippen LogP contribution < -0.4 is 0 Å². The summed E-state index contributed by atoms with van der Waals surface area (Å²) in [6.07, 6.45) is 0.894. The Balaban J connectivity index is 1.90. The molecule has 0 bridgehead atoms. The Morgan fingerprint density at radius 2 is 2.29 bits per heavy atom. The lowest BCUT2D eigenvalue weighted by molar-refractivity contribution is 0.111. The fourth-order valence-electron chi connectivity index (χ4n) is 1.93. The van der Waals surface area contributed by atoms with Gasteiger partial charge in [-0.25, -0.2) is 4.79 Å². The highest BCUT2D eigenvalue weighted by atomic mass is 16.6. The fraction of sp³-hybridized carbons (Fsp3) is 0.615. The first kappa shape index (κ1) is 12.0. The van der Waals surface area contributed by atoms with E-state index in [2.05, 4.69) is 6.92 Å². The quantitative estimate of drug-likeness (QED) is 0.808. The molecule has 0 radical (unpaired) electrons. The molecule has 0 aliphatic heterocycles. The number of amides is 1. The van der Waals surface area contributed by atoms with Crippen LogP contribution in [0.2, 0.25) is 0 Å². The molecule has 1 fully saturated rings. The summed E-state index contributed by atoms with van der Waals surface area (Å²) in [6, 6.07) is 3.96. The molecule has 17 heavy (non-hydrogen) atoms. The zero-order chi connectivity index (χ0) is 12.4. The Morgan fingerprint density at radius 3 is 2.88 bits per heavy atom. The van der Waals surface area contributed by atoms with E-state index in [4.69, 9.17) is 9.15 Å². The standard InChI is InChI=1S/C13H19NO3/c1-4-16-13(15)14(3)8-10-5-6-12(17-10)11-7-9(11)2/h5-6,9,11H,4,7-8H2,1-3H3. The third kappa shape index (κ3) is 2.81. The molecule has 94 valence electrons. The first-order valence-corrected chi connectivity index (χ1v) is 6.08. The summed E-state index contributed by atoms with van der Waals surface area (Å²) in [7, 11) is 1.71. The molecule has 2 unspecified atom stereocenters. The van der Waals surface area contributed by atoms with Gasteiger partial charge in [-0.3, -0.25) is 0 Å². The van der Waals surface area contributed by atoms with Gasteiger partial charge in [0.15, 0.2) is 0 Å². The van der Waals surface area contributed by atoms with Crippen molar-refractivity contribution in [3.05, 3.63) is 23.7 Å². The van der Waals surface area contributed by atoms with Gasteiger partial charge in [-0.15, -0.1) is 0 Å². The van der Waals surface area contributed by atoms with E-state index < -0.39 is 0 Å². The first-order valence-electron chi connectivity index (χ1n) is 6.08. The van der Waals surface area contributed by atoms with Crippen LogP contribution >= 0.6 is 0 Å². The molecule has 1 aromatic rings. The molecule has 4 nitrogen and oxygen atoms in total. The van der Waals surface area contributed by atoms with E-state index in [1.54, 1.807) is 14.0 Å². The van der Waals surface area contributed by atoms with Crippen LogP contribution in [0.15, 0.2) is 16.5 Å². The molecule has 0 N–H and O–H groups in total. The number of carbonyl (C=O) groups is 1. The van der Waals surface area contributed by atoms with Crippen molar-refractivity contribution in [1.82, 2.24) is 4.90 Å². The minimum atomic E-state index is -0.315. The zero-order valence-corrected chi connectivity index (χ0v) is 10.6. The Bertz CT molecular complexity index is 399. The summed E-state index contributed by atoms with van der Waals surface area (Å²) < 4.78 is 10.6. The summed E-state index contributed by atoms with van der Waals surface area (Å²) in [4.78, 5) is 12.9. The van der Waals surface area contributed by atoms with Crippen LogP contribution in [0.25, 0.3) is 0 Å². The van der Waals surface area contributed by atoms with Gasteiger partial charge >= 0.3 is 6.09 Å². The lowest BCUT2D eigenvalue weighted by Gasteiger charge is -2.14. The second kappa shape index (κ2) is 4.82. The van der Waals surface area contributed by atoms with E-state index in [9.17, 15) is 4.79 Å². The van der Waals surface area contributed by atoms with Crippen LogP contribution in [-0.2, 0) is 11.3 Å². The maximum Gasteiger partial charge on any atom is 0.409 e. The number of hydrogen-bond acceptors (Lipinski definition) is 3. The van der Waals surface area contributed by atoms with Gasteiger partial charge in [0, 0.05) is 13.0 Å². The number of carbonyl (C=O) groups excluding carboxylic acids is 1. The molecule has 0 spiro atoms. The number of nitrogens with zero attached hydrogens (tertiary/aromatic N) is 1. The Morgan fingerprint density at radius 1 is 1.59 bits per heavy atom. The van der Waals surface area contributed by atoms with Gasteiger partial charge in [-0.2, -0.15) is 0 Å². The fourth-order valence-corrected chi connectivity index (χ4v) is 1.93. The highest BCUT2D eigenvalue weighted by molar-refractivity contribution is 5.67. The molecule has 2 atom stereocenters. The largest absolute Gasteiger partial charge is 0.464 e. The summed E-state index contributed by atoms with van der Waals surface area (Å²) in [5, 5.41) is 0. The molecular formula is C13H19NO3. The van der Waals surface area contributed by atoms with Gasteiger partial charge in [0.05, 0.1) is 13.2 Å². The van der Waals surface area contributed by atoms with E-state index in [0.29, 0.717) is 19.1 Å². The second-order valence-corrected chi connectivity index (χ2v) is 4.68. The maximum absolute atomic E-state index is 11.4. The van der Waals surface area contributed by atoms with E-state index in [1.807, 2.05) is 12.1 Å². The molecule has 1 aromatic heterocycles. The third-order valence-electron chi connectivity index (χ3n) is 3.13. The molecule has 0 saturated heterocycles. The van der Waals surface area contributed by atoms with Crippen LogP contribution in [0, 0.1) is 5.92 Å². The van der Waals surface area contributed by atoms with Crippen LogP contribution in [-0.4, -0.2) is 24.6 Å². The topological polar surface area (TPSA) is 42.7 Å². The summed E-state index contributed by atoms with van der Waals surface area (Å²) in [6.45, 7) is 4.87. The van der Waals surface area contributed by atoms with Crippen molar-refractivity contribution >= 4 is 6.09 Å². The summed E-state index contributed by atoms with van der Waals surface area (Å²) >= 11 is 0.